The van der Waals surface area contributed by atoms with Crippen molar-refractivity contribution in [3.05, 3.63) is 59.7 Å². The van der Waals surface area contributed by atoms with Gasteiger partial charge < -0.3 is 10.3 Å². The second-order valence-corrected chi connectivity index (χ2v) is 4.54. The summed E-state index contributed by atoms with van der Waals surface area (Å²) in [4.78, 5) is 19.2. The third kappa shape index (κ3) is 2.25. The molecule has 0 bridgehead atoms. The molecule has 3 aromatic rings. The maximum absolute atomic E-state index is 13.1. The molecule has 0 aliphatic carbocycles. The van der Waals surface area contributed by atoms with E-state index in [-0.39, 0.29) is 11.7 Å². The van der Waals surface area contributed by atoms with E-state index in [2.05, 4.69) is 15.3 Å². The number of nitrogens with one attached hydrogen (secondary N) is 2. The van der Waals surface area contributed by atoms with Crippen LogP contribution < -0.4 is 5.32 Å². The minimum Gasteiger partial charge on any atom is -0.351 e. The number of hydrogen-bond donors (Lipinski definition) is 2. The normalized spacial score (nSPS) is 10.7. The van der Waals surface area contributed by atoms with E-state index in [1.54, 1.807) is 24.4 Å². The number of pyridine rings is 1. The summed E-state index contributed by atoms with van der Waals surface area (Å²) in [6, 6.07) is 9.62. The number of amides is 1. The van der Waals surface area contributed by atoms with Gasteiger partial charge in [0.25, 0.3) is 5.91 Å². The topological polar surface area (TPSA) is 57.8 Å². The highest BCUT2D eigenvalue weighted by molar-refractivity contribution is 6.05. The van der Waals surface area contributed by atoms with Crippen molar-refractivity contribution in [2.45, 2.75) is 6.92 Å². The molecule has 1 amide bonds. The molecule has 4 nitrogen and oxygen atoms in total. The van der Waals surface area contributed by atoms with Gasteiger partial charge in [-0.15, -0.1) is 0 Å². The van der Waals surface area contributed by atoms with Gasteiger partial charge in [-0.1, -0.05) is 6.07 Å². The molecule has 20 heavy (non-hydrogen) atoms. The molecule has 0 spiro atoms. The fourth-order valence-electron chi connectivity index (χ4n) is 2.02. The fraction of sp³-hybridized carbons (Fsp3) is 0.0667. The van der Waals surface area contributed by atoms with Crippen LogP contribution in [0.15, 0.2) is 42.6 Å². The van der Waals surface area contributed by atoms with Crippen LogP contribution in [0.5, 0.6) is 0 Å². The summed E-state index contributed by atoms with van der Waals surface area (Å²) in [5.41, 5.74) is 1.97. The third-order valence-corrected chi connectivity index (χ3v) is 3.07. The van der Waals surface area contributed by atoms with E-state index < -0.39 is 0 Å². The van der Waals surface area contributed by atoms with Gasteiger partial charge in [-0.05, 0) is 42.8 Å². The van der Waals surface area contributed by atoms with Gasteiger partial charge in [0, 0.05) is 17.1 Å². The van der Waals surface area contributed by atoms with Crippen molar-refractivity contribution < 1.29 is 9.18 Å². The highest BCUT2D eigenvalue weighted by Crippen LogP contribution is 2.18. The summed E-state index contributed by atoms with van der Waals surface area (Å²) in [6.07, 6.45) is 1.61. The molecular weight excluding hydrogens is 257 g/mol. The zero-order chi connectivity index (χ0) is 14.1. The lowest BCUT2D eigenvalue weighted by Crippen LogP contribution is -2.14. The summed E-state index contributed by atoms with van der Waals surface area (Å²) in [5, 5.41) is 3.39. The minimum atomic E-state index is -0.330. The van der Waals surface area contributed by atoms with Gasteiger partial charge in [0.05, 0.1) is 0 Å². The van der Waals surface area contributed by atoms with Crippen molar-refractivity contribution >= 4 is 22.6 Å². The van der Waals surface area contributed by atoms with Gasteiger partial charge in [0.1, 0.15) is 17.3 Å². The van der Waals surface area contributed by atoms with Crippen LogP contribution in [0.4, 0.5) is 10.2 Å². The number of nitrogens with zero attached hydrogens (tertiary/aromatic N) is 1. The molecule has 0 fully saturated rings. The molecule has 1 aromatic carbocycles. The fourth-order valence-corrected chi connectivity index (χ4v) is 2.02. The second kappa shape index (κ2) is 4.77. The average molecular weight is 269 g/mol. The van der Waals surface area contributed by atoms with Crippen molar-refractivity contribution in [1.29, 1.82) is 0 Å². The number of H-pyrrole nitrogens is 1. The van der Waals surface area contributed by atoms with Gasteiger partial charge in [0.15, 0.2) is 0 Å². The monoisotopic (exact) mass is 269 g/mol. The Labute approximate surface area is 114 Å². The van der Waals surface area contributed by atoms with E-state index in [0.29, 0.717) is 22.4 Å². The Bertz CT molecular complexity index is 795. The molecule has 0 saturated carbocycles. The molecule has 0 atom stereocenters. The zero-order valence-electron chi connectivity index (χ0n) is 10.8. The van der Waals surface area contributed by atoms with Gasteiger partial charge in [-0.3, -0.25) is 4.79 Å². The quantitative estimate of drug-likeness (QED) is 0.750. The Morgan fingerprint density at radius 3 is 2.95 bits per heavy atom. The van der Waals surface area contributed by atoms with Crippen molar-refractivity contribution in [3.8, 4) is 0 Å². The van der Waals surface area contributed by atoms with Crippen LogP contribution in [0, 0.1) is 12.7 Å². The van der Waals surface area contributed by atoms with Crippen LogP contribution in [0.1, 0.15) is 16.1 Å². The first kappa shape index (κ1) is 12.3. The Morgan fingerprint density at radius 1 is 1.30 bits per heavy atom. The van der Waals surface area contributed by atoms with Gasteiger partial charge in [-0.2, -0.15) is 0 Å². The molecule has 100 valence electrons. The summed E-state index contributed by atoms with van der Waals surface area (Å²) >= 11 is 0. The van der Waals surface area contributed by atoms with Crippen molar-refractivity contribution in [3.63, 3.8) is 0 Å². The predicted octanol–water partition coefficient (Wildman–Crippen LogP) is 3.26. The highest BCUT2D eigenvalue weighted by Gasteiger charge is 2.11. The number of aryl methyl sites for hydroxylation is 1. The Morgan fingerprint density at radius 2 is 2.15 bits per heavy atom. The molecule has 2 heterocycles. The number of fused-ring (bicyclic) bond motifs is 1. The number of carbonyl (C=O) groups excluding carboxylic acids is 1. The van der Waals surface area contributed by atoms with Gasteiger partial charge in [0.2, 0.25) is 0 Å². The molecule has 2 aromatic heterocycles. The van der Waals surface area contributed by atoms with E-state index in [1.807, 2.05) is 13.0 Å². The first-order valence-electron chi connectivity index (χ1n) is 6.15. The smallest absolute Gasteiger partial charge is 0.273 e. The molecular formula is C15H12FN3O. The lowest BCUT2D eigenvalue weighted by Gasteiger charge is -2.05. The number of anilines is 1. The number of aromatic amines is 1. The maximum Gasteiger partial charge on any atom is 0.273 e. The third-order valence-electron chi connectivity index (χ3n) is 3.07. The number of halogens is 1. The van der Waals surface area contributed by atoms with E-state index in [4.69, 9.17) is 0 Å². The molecule has 0 aliphatic heterocycles. The number of carbonyl (C=O) groups is 1. The predicted molar refractivity (Wildman–Crippen MR) is 75.2 cm³/mol. The molecule has 0 aliphatic rings. The summed E-state index contributed by atoms with van der Waals surface area (Å²) < 4.78 is 13.1. The lowest BCUT2D eigenvalue weighted by molar-refractivity contribution is 0.102. The second-order valence-electron chi connectivity index (χ2n) is 4.54. The lowest BCUT2D eigenvalue weighted by atomic mass is 10.2. The Kier molecular flexibility index (Phi) is 2.95. The van der Waals surface area contributed by atoms with Crippen LogP contribution in [-0.4, -0.2) is 15.9 Å². The zero-order valence-corrected chi connectivity index (χ0v) is 10.8. The molecule has 0 unspecified atom stereocenters. The van der Waals surface area contributed by atoms with Crippen LogP contribution in [0.3, 0.4) is 0 Å². The maximum atomic E-state index is 13.1. The van der Waals surface area contributed by atoms with Crippen molar-refractivity contribution in [2.24, 2.45) is 0 Å². The highest BCUT2D eigenvalue weighted by atomic mass is 19.1. The largest absolute Gasteiger partial charge is 0.351 e. The van der Waals surface area contributed by atoms with Crippen molar-refractivity contribution in [1.82, 2.24) is 9.97 Å². The molecule has 5 heteroatoms. The van der Waals surface area contributed by atoms with Gasteiger partial charge >= 0.3 is 0 Å². The Hall–Kier alpha value is -2.69. The van der Waals surface area contributed by atoms with Crippen molar-refractivity contribution in [2.75, 3.05) is 5.32 Å². The Balaban J connectivity index is 1.91. The minimum absolute atomic E-state index is 0.302. The van der Waals surface area contributed by atoms with E-state index in [0.717, 1.165) is 5.56 Å². The van der Waals surface area contributed by atoms with E-state index in [9.17, 15) is 9.18 Å². The molecule has 0 radical (unpaired) electrons. The van der Waals surface area contributed by atoms with E-state index in [1.165, 1.54) is 12.1 Å². The average Bonchev–Trinajstić information content (AvgIpc) is 2.84. The summed E-state index contributed by atoms with van der Waals surface area (Å²) in [7, 11) is 0. The van der Waals surface area contributed by atoms with Gasteiger partial charge in [-0.25, -0.2) is 9.37 Å². The number of aromatic nitrogens is 2. The van der Waals surface area contributed by atoms with Crippen LogP contribution in [0.25, 0.3) is 10.9 Å². The van der Waals surface area contributed by atoms with E-state index >= 15 is 0 Å². The number of rotatable bonds is 2. The molecule has 2 N–H and O–H groups in total. The number of benzene rings is 1. The SMILES string of the molecule is Cc1cccnc1NC(=O)c1cc2cc(F)ccc2[nH]1. The van der Waals surface area contributed by atoms with Crippen LogP contribution in [-0.2, 0) is 0 Å². The molecule has 3 rings (SSSR count). The first-order valence-corrected chi connectivity index (χ1v) is 6.15. The summed E-state index contributed by atoms with van der Waals surface area (Å²) in [5.74, 6) is -0.116. The van der Waals surface area contributed by atoms with Crippen LogP contribution in [0.2, 0.25) is 0 Å². The van der Waals surface area contributed by atoms with Crippen LogP contribution >= 0.6 is 0 Å². The first-order chi connectivity index (χ1) is 9.63. The molecule has 0 saturated heterocycles. The summed E-state index contributed by atoms with van der Waals surface area (Å²) in [6.45, 7) is 1.86. The number of hydrogen-bond acceptors (Lipinski definition) is 2. The standard InChI is InChI=1S/C15H12FN3O/c1-9-3-2-6-17-14(9)19-15(20)13-8-10-7-11(16)4-5-12(10)18-13/h2-8,18H,1H3,(H,17,19,20).